The van der Waals surface area contributed by atoms with Gasteiger partial charge in [0.15, 0.2) is 0 Å². The molecule has 4 heteroatoms. The smallest absolute Gasteiger partial charge is 0.308 e. The minimum atomic E-state index is -0.897. The predicted octanol–water partition coefficient (Wildman–Crippen LogP) is 2.15. The van der Waals surface area contributed by atoms with Crippen LogP contribution in [0.5, 0.6) is 0 Å². The number of amides is 1. The third-order valence-electron chi connectivity index (χ3n) is 3.41. The highest BCUT2D eigenvalue weighted by Gasteiger charge is 2.20. The molecule has 0 aliphatic carbocycles. The number of nitrogens with one attached hydrogen (secondary N) is 1. The number of hydrogen-bond donors (Lipinski definition) is 2. The summed E-state index contributed by atoms with van der Waals surface area (Å²) in [7, 11) is 0. The lowest BCUT2D eigenvalue weighted by atomic mass is 10.0. The summed E-state index contributed by atoms with van der Waals surface area (Å²) in [6.07, 6.45) is 1.05. The molecule has 0 fully saturated rings. The second-order valence-electron chi connectivity index (χ2n) is 4.91. The molecule has 0 saturated carbocycles. The minimum absolute atomic E-state index is 0.108. The van der Waals surface area contributed by atoms with E-state index < -0.39 is 11.9 Å². The molecule has 0 heterocycles. The van der Waals surface area contributed by atoms with Crippen molar-refractivity contribution < 1.29 is 14.7 Å². The fraction of sp³-hybridized carbons (Fsp3) is 0.467. The normalized spacial score (nSPS) is 13.6. The van der Waals surface area contributed by atoms with Gasteiger partial charge in [0.2, 0.25) is 5.91 Å². The van der Waals surface area contributed by atoms with Crippen LogP contribution >= 0.6 is 0 Å². The number of aliphatic carboxylic acids is 1. The molecule has 19 heavy (non-hydrogen) atoms. The molecule has 2 unspecified atom stereocenters. The third kappa shape index (κ3) is 4.73. The Hall–Kier alpha value is -1.84. The molecule has 0 aliphatic rings. The summed E-state index contributed by atoms with van der Waals surface area (Å²) in [4.78, 5) is 22.6. The summed E-state index contributed by atoms with van der Waals surface area (Å²) < 4.78 is 0. The second kappa shape index (κ2) is 6.92. The summed E-state index contributed by atoms with van der Waals surface area (Å²) in [5.41, 5.74) is 2.32. The van der Waals surface area contributed by atoms with E-state index in [1.54, 1.807) is 13.8 Å². The van der Waals surface area contributed by atoms with Crippen LogP contribution in [0.2, 0.25) is 0 Å². The van der Waals surface area contributed by atoms with Crippen molar-refractivity contribution in [1.29, 1.82) is 0 Å². The highest BCUT2D eigenvalue weighted by Crippen LogP contribution is 2.10. The van der Waals surface area contributed by atoms with E-state index in [9.17, 15) is 9.59 Å². The number of rotatable bonds is 6. The maximum absolute atomic E-state index is 11.8. The highest BCUT2D eigenvalue weighted by molar-refractivity contribution is 5.78. The molecule has 4 nitrogen and oxygen atoms in total. The molecule has 104 valence electrons. The van der Waals surface area contributed by atoms with Crippen molar-refractivity contribution in [3.63, 3.8) is 0 Å². The standard InChI is InChI=1S/C15H21NO3/c1-10-6-4-5-7-13(10)8-9-14(17)16-12(3)11(2)15(18)19/h4-7,11-12H,8-9H2,1-3H3,(H,16,17)(H,18,19). The van der Waals surface area contributed by atoms with E-state index in [-0.39, 0.29) is 11.9 Å². The van der Waals surface area contributed by atoms with E-state index in [1.807, 2.05) is 31.2 Å². The van der Waals surface area contributed by atoms with Crippen LogP contribution in [-0.2, 0) is 16.0 Å². The zero-order chi connectivity index (χ0) is 14.4. The first-order valence-corrected chi connectivity index (χ1v) is 6.48. The molecule has 1 amide bonds. The van der Waals surface area contributed by atoms with Gasteiger partial charge in [-0.1, -0.05) is 24.3 Å². The third-order valence-corrected chi connectivity index (χ3v) is 3.41. The molecule has 0 bridgehead atoms. The lowest BCUT2D eigenvalue weighted by Gasteiger charge is -2.17. The van der Waals surface area contributed by atoms with E-state index >= 15 is 0 Å². The molecular weight excluding hydrogens is 242 g/mol. The second-order valence-corrected chi connectivity index (χ2v) is 4.91. The van der Waals surface area contributed by atoms with Gasteiger partial charge in [0.05, 0.1) is 5.92 Å². The van der Waals surface area contributed by atoms with Crippen molar-refractivity contribution in [3.05, 3.63) is 35.4 Å². The monoisotopic (exact) mass is 263 g/mol. The van der Waals surface area contributed by atoms with Gasteiger partial charge in [-0.3, -0.25) is 9.59 Å². The van der Waals surface area contributed by atoms with Gasteiger partial charge in [0, 0.05) is 12.5 Å². The number of benzene rings is 1. The molecule has 2 atom stereocenters. The van der Waals surface area contributed by atoms with Gasteiger partial charge in [-0.05, 0) is 38.3 Å². The maximum atomic E-state index is 11.8. The van der Waals surface area contributed by atoms with E-state index in [0.717, 1.165) is 5.56 Å². The summed E-state index contributed by atoms with van der Waals surface area (Å²) in [6.45, 7) is 5.32. The molecule has 0 spiro atoms. The lowest BCUT2D eigenvalue weighted by Crippen LogP contribution is -2.40. The summed E-state index contributed by atoms with van der Waals surface area (Å²) in [5, 5.41) is 11.6. The zero-order valence-corrected chi connectivity index (χ0v) is 11.6. The van der Waals surface area contributed by atoms with Gasteiger partial charge >= 0.3 is 5.97 Å². The maximum Gasteiger partial charge on any atom is 0.308 e. The van der Waals surface area contributed by atoms with E-state index in [4.69, 9.17) is 5.11 Å². The SMILES string of the molecule is Cc1ccccc1CCC(=O)NC(C)C(C)C(=O)O. The number of carbonyl (C=O) groups is 2. The lowest BCUT2D eigenvalue weighted by molar-refractivity contribution is -0.142. The number of carboxylic acids is 1. The van der Waals surface area contributed by atoms with Crippen LogP contribution < -0.4 is 5.32 Å². The molecule has 1 aromatic rings. The fourth-order valence-electron chi connectivity index (χ4n) is 1.80. The van der Waals surface area contributed by atoms with Gasteiger partial charge in [0.1, 0.15) is 0 Å². The van der Waals surface area contributed by atoms with E-state index in [2.05, 4.69) is 5.32 Å². The Labute approximate surface area is 113 Å². The molecule has 2 N–H and O–H groups in total. The summed E-state index contributed by atoms with van der Waals surface area (Å²) in [5.74, 6) is -1.59. The van der Waals surface area contributed by atoms with Crippen molar-refractivity contribution in [1.82, 2.24) is 5.32 Å². The number of carboxylic acid groups (broad SMARTS) is 1. The van der Waals surface area contributed by atoms with Crippen molar-refractivity contribution >= 4 is 11.9 Å². The fourth-order valence-corrected chi connectivity index (χ4v) is 1.80. The minimum Gasteiger partial charge on any atom is -0.481 e. The van der Waals surface area contributed by atoms with Crippen molar-refractivity contribution in [2.75, 3.05) is 0 Å². The van der Waals surface area contributed by atoms with Crippen molar-refractivity contribution in [2.45, 2.75) is 39.7 Å². The van der Waals surface area contributed by atoms with Gasteiger partial charge in [-0.15, -0.1) is 0 Å². The molecular formula is C15H21NO3. The van der Waals surface area contributed by atoms with Crippen LogP contribution in [0.1, 0.15) is 31.4 Å². The number of aryl methyl sites for hydroxylation is 2. The molecule has 1 aromatic carbocycles. The van der Waals surface area contributed by atoms with Crippen LogP contribution in [0.25, 0.3) is 0 Å². The number of hydrogen-bond acceptors (Lipinski definition) is 2. The first kappa shape index (κ1) is 15.2. The van der Waals surface area contributed by atoms with Crippen LogP contribution in [0.4, 0.5) is 0 Å². The van der Waals surface area contributed by atoms with Gasteiger partial charge < -0.3 is 10.4 Å². The van der Waals surface area contributed by atoms with Crippen LogP contribution in [0, 0.1) is 12.8 Å². The largest absolute Gasteiger partial charge is 0.481 e. The summed E-state index contributed by atoms with van der Waals surface area (Å²) in [6, 6.07) is 7.58. The Morgan fingerprint density at radius 1 is 1.26 bits per heavy atom. The van der Waals surface area contributed by atoms with E-state index in [0.29, 0.717) is 12.8 Å². The van der Waals surface area contributed by atoms with E-state index in [1.165, 1.54) is 5.56 Å². The first-order chi connectivity index (χ1) is 8.91. The van der Waals surface area contributed by atoms with Crippen LogP contribution in [0.15, 0.2) is 24.3 Å². The average Bonchev–Trinajstić information content (AvgIpc) is 2.36. The Morgan fingerprint density at radius 3 is 2.47 bits per heavy atom. The quantitative estimate of drug-likeness (QED) is 0.826. The zero-order valence-electron chi connectivity index (χ0n) is 11.6. The molecule has 0 radical (unpaired) electrons. The molecule has 0 aliphatic heterocycles. The molecule has 0 saturated heterocycles. The van der Waals surface area contributed by atoms with Gasteiger partial charge in [-0.25, -0.2) is 0 Å². The Morgan fingerprint density at radius 2 is 1.89 bits per heavy atom. The van der Waals surface area contributed by atoms with Crippen LogP contribution in [0.3, 0.4) is 0 Å². The van der Waals surface area contributed by atoms with Gasteiger partial charge in [-0.2, -0.15) is 0 Å². The Bertz CT molecular complexity index is 456. The van der Waals surface area contributed by atoms with Crippen molar-refractivity contribution in [3.8, 4) is 0 Å². The Kier molecular flexibility index (Phi) is 5.55. The van der Waals surface area contributed by atoms with Crippen LogP contribution in [-0.4, -0.2) is 23.0 Å². The van der Waals surface area contributed by atoms with Gasteiger partial charge in [0.25, 0.3) is 0 Å². The number of carbonyl (C=O) groups excluding carboxylic acids is 1. The Balaban J connectivity index is 2.44. The predicted molar refractivity (Wildman–Crippen MR) is 73.9 cm³/mol. The topological polar surface area (TPSA) is 66.4 Å². The molecule has 0 aromatic heterocycles. The summed E-state index contributed by atoms with van der Waals surface area (Å²) >= 11 is 0. The van der Waals surface area contributed by atoms with Crippen molar-refractivity contribution in [2.24, 2.45) is 5.92 Å². The molecule has 1 rings (SSSR count). The first-order valence-electron chi connectivity index (χ1n) is 6.48. The highest BCUT2D eigenvalue weighted by atomic mass is 16.4. The average molecular weight is 263 g/mol.